The van der Waals surface area contributed by atoms with E-state index in [-0.39, 0.29) is 32.0 Å². The van der Waals surface area contributed by atoms with Crippen LogP contribution in [0, 0.1) is 0 Å². The Morgan fingerprint density at radius 1 is 0.848 bits per heavy atom. The molecule has 0 unspecified atom stereocenters. The highest BCUT2D eigenvalue weighted by Crippen LogP contribution is 2.39. The predicted octanol–water partition coefficient (Wildman–Crippen LogP) is 6.02. The number of hydrogen-bond acceptors (Lipinski definition) is 7. The Balaban J connectivity index is 1.29. The highest BCUT2D eigenvalue weighted by atomic mass is 16.7. The SMILES string of the molecule is CCOC(=O)CNC(=O)NCc1cccc(-c2cccc([C@H]3O[C@@H](CN4CCCCCCC4)C[C@@H](c4ccc(CO)cc4)O3)c2)c1. The van der Waals surface area contributed by atoms with Crippen molar-refractivity contribution in [1.29, 1.82) is 0 Å². The van der Waals surface area contributed by atoms with E-state index >= 15 is 0 Å². The van der Waals surface area contributed by atoms with Crippen molar-refractivity contribution in [2.24, 2.45) is 0 Å². The number of amides is 2. The van der Waals surface area contributed by atoms with Crippen LogP contribution >= 0.6 is 0 Å². The molecule has 3 N–H and O–H groups in total. The van der Waals surface area contributed by atoms with Gasteiger partial charge in [0.05, 0.1) is 25.4 Å². The minimum absolute atomic E-state index is 0.0157. The van der Waals surface area contributed by atoms with Gasteiger partial charge in [0.15, 0.2) is 6.29 Å². The van der Waals surface area contributed by atoms with Crippen molar-refractivity contribution in [2.75, 3.05) is 32.8 Å². The molecular formula is C37H47N3O6. The van der Waals surface area contributed by atoms with Crippen LogP contribution < -0.4 is 10.6 Å². The molecule has 3 atom stereocenters. The van der Waals surface area contributed by atoms with E-state index in [9.17, 15) is 14.7 Å². The quantitative estimate of drug-likeness (QED) is 0.223. The van der Waals surface area contributed by atoms with E-state index < -0.39 is 18.3 Å². The van der Waals surface area contributed by atoms with Crippen LogP contribution in [-0.2, 0) is 32.2 Å². The van der Waals surface area contributed by atoms with E-state index in [2.05, 4.69) is 45.9 Å². The van der Waals surface area contributed by atoms with E-state index in [0.29, 0.717) is 6.54 Å². The molecule has 2 saturated heterocycles. The Labute approximate surface area is 272 Å². The maximum Gasteiger partial charge on any atom is 0.325 e. The molecule has 2 amide bonds. The number of carbonyl (C=O) groups is 2. The highest BCUT2D eigenvalue weighted by molar-refractivity contribution is 5.80. The Hall–Kier alpha value is -3.76. The molecule has 2 heterocycles. The third-order valence-electron chi connectivity index (χ3n) is 8.60. The van der Waals surface area contributed by atoms with Gasteiger partial charge < -0.3 is 34.9 Å². The molecule has 0 spiro atoms. The fourth-order valence-electron chi connectivity index (χ4n) is 6.15. The van der Waals surface area contributed by atoms with Gasteiger partial charge in [-0.2, -0.15) is 0 Å². The van der Waals surface area contributed by atoms with Crippen molar-refractivity contribution in [3.8, 4) is 11.1 Å². The van der Waals surface area contributed by atoms with Crippen molar-refractivity contribution in [2.45, 2.75) is 77.1 Å². The lowest BCUT2D eigenvalue weighted by Gasteiger charge is -2.39. The van der Waals surface area contributed by atoms with E-state index in [1.165, 1.54) is 32.1 Å². The van der Waals surface area contributed by atoms with Gasteiger partial charge >= 0.3 is 12.0 Å². The number of aliphatic hydroxyl groups is 1. The summed E-state index contributed by atoms with van der Waals surface area (Å²) < 4.78 is 18.2. The summed E-state index contributed by atoms with van der Waals surface area (Å²) in [7, 11) is 0. The molecule has 2 aliphatic heterocycles. The fourth-order valence-corrected chi connectivity index (χ4v) is 6.15. The molecule has 3 aromatic carbocycles. The summed E-state index contributed by atoms with van der Waals surface area (Å²) in [6, 6.07) is 23.9. The van der Waals surface area contributed by atoms with Gasteiger partial charge in [-0.1, -0.05) is 79.9 Å². The van der Waals surface area contributed by atoms with Gasteiger partial charge in [-0.05, 0) is 72.8 Å². The summed E-state index contributed by atoms with van der Waals surface area (Å²) >= 11 is 0. The number of rotatable bonds is 11. The van der Waals surface area contributed by atoms with Crippen LogP contribution in [0.2, 0.25) is 0 Å². The number of likely N-dealkylation sites (tertiary alicyclic amines) is 1. The summed E-state index contributed by atoms with van der Waals surface area (Å²) in [4.78, 5) is 26.3. The predicted molar refractivity (Wildman–Crippen MR) is 177 cm³/mol. The van der Waals surface area contributed by atoms with Gasteiger partial charge in [0.25, 0.3) is 0 Å². The molecular weight excluding hydrogens is 582 g/mol. The van der Waals surface area contributed by atoms with Crippen molar-refractivity contribution in [3.05, 3.63) is 95.1 Å². The third-order valence-corrected chi connectivity index (χ3v) is 8.60. The number of hydrogen-bond donors (Lipinski definition) is 3. The minimum atomic E-state index is -0.524. The molecule has 0 aliphatic carbocycles. The summed E-state index contributed by atoms with van der Waals surface area (Å²) in [5.41, 5.74) is 5.89. The van der Waals surface area contributed by atoms with Crippen LogP contribution in [0.3, 0.4) is 0 Å². The lowest BCUT2D eigenvalue weighted by atomic mass is 9.98. The molecule has 0 radical (unpaired) electrons. The first-order valence-corrected chi connectivity index (χ1v) is 16.6. The fraction of sp³-hybridized carbons (Fsp3) is 0.459. The van der Waals surface area contributed by atoms with Gasteiger partial charge in [0.1, 0.15) is 6.54 Å². The second kappa shape index (κ2) is 17.2. The van der Waals surface area contributed by atoms with Gasteiger partial charge in [-0.3, -0.25) is 4.79 Å². The maximum absolute atomic E-state index is 12.2. The largest absolute Gasteiger partial charge is 0.465 e. The molecule has 246 valence electrons. The summed E-state index contributed by atoms with van der Waals surface area (Å²) in [6.07, 6.45) is 6.52. The van der Waals surface area contributed by atoms with E-state index in [1.54, 1.807) is 6.92 Å². The lowest BCUT2D eigenvalue weighted by molar-refractivity contribution is -0.253. The van der Waals surface area contributed by atoms with Crippen LogP contribution in [-0.4, -0.2) is 60.9 Å². The molecule has 3 aromatic rings. The van der Waals surface area contributed by atoms with Crippen LogP contribution in [0.25, 0.3) is 11.1 Å². The molecule has 0 bridgehead atoms. The molecule has 0 aromatic heterocycles. The number of benzene rings is 3. The first-order valence-electron chi connectivity index (χ1n) is 16.6. The standard InChI is InChI=1S/C37H47N3O6/c1-2-44-35(42)24-39-37(43)38-23-28-10-8-11-30(20-28)31-12-9-13-32(21-31)36-45-33(25-40-18-6-4-3-5-7-19-40)22-34(46-36)29-16-14-27(26-41)15-17-29/h8-17,20-21,33-34,36,41H,2-7,18-19,22-26H2,1H3,(H2,38,39,43)/t33-,34+,36+/m1/s1. The number of esters is 1. The van der Waals surface area contributed by atoms with Gasteiger partial charge in [-0.25, -0.2) is 4.79 Å². The Morgan fingerprint density at radius 3 is 2.30 bits per heavy atom. The highest BCUT2D eigenvalue weighted by Gasteiger charge is 2.33. The van der Waals surface area contributed by atoms with Gasteiger partial charge in [0.2, 0.25) is 0 Å². The third kappa shape index (κ3) is 9.87. The lowest BCUT2D eigenvalue weighted by Crippen LogP contribution is -2.40. The number of aliphatic hydroxyl groups excluding tert-OH is 1. The van der Waals surface area contributed by atoms with Crippen molar-refractivity contribution in [3.63, 3.8) is 0 Å². The topological polar surface area (TPSA) is 109 Å². The zero-order valence-corrected chi connectivity index (χ0v) is 26.8. The second-order valence-electron chi connectivity index (χ2n) is 12.1. The molecule has 2 aliphatic rings. The molecule has 0 saturated carbocycles. The van der Waals surface area contributed by atoms with E-state index in [1.807, 2.05) is 42.5 Å². The normalized spacial score (nSPS) is 20.7. The van der Waals surface area contributed by atoms with Gasteiger partial charge in [-0.15, -0.1) is 0 Å². The molecule has 9 nitrogen and oxygen atoms in total. The molecule has 9 heteroatoms. The minimum Gasteiger partial charge on any atom is -0.465 e. The molecule has 2 fully saturated rings. The van der Waals surface area contributed by atoms with Crippen LogP contribution in [0.4, 0.5) is 4.79 Å². The van der Waals surface area contributed by atoms with Crippen molar-refractivity contribution >= 4 is 12.0 Å². The molecule has 46 heavy (non-hydrogen) atoms. The Kier molecular flexibility index (Phi) is 12.6. The summed E-state index contributed by atoms with van der Waals surface area (Å²) in [5, 5.41) is 14.9. The number of urea groups is 1. The van der Waals surface area contributed by atoms with Gasteiger partial charge in [0, 0.05) is 25.1 Å². The second-order valence-corrected chi connectivity index (χ2v) is 12.1. The van der Waals surface area contributed by atoms with Crippen molar-refractivity contribution in [1.82, 2.24) is 15.5 Å². The summed E-state index contributed by atoms with van der Waals surface area (Å²) in [6.45, 7) is 5.24. The zero-order chi connectivity index (χ0) is 32.1. The average Bonchev–Trinajstić information content (AvgIpc) is 3.08. The first-order chi connectivity index (χ1) is 22.5. The first kappa shape index (κ1) is 33.6. The van der Waals surface area contributed by atoms with Crippen LogP contribution in [0.5, 0.6) is 0 Å². The maximum atomic E-state index is 12.2. The number of nitrogens with one attached hydrogen (secondary N) is 2. The monoisotopic (exact) mass is 629 g/mol. The van der Waals surface area contributed by atoms with Crippen LogP contribution in [0.1, 0.15) is 80.1 Å². The van der Waals surface area contributed by atoms with Crippen LogP contribution in [0.15, 0.2) is 72.8 Å². The average molecular weight is 630 g/mol. The summed E-state index contributed by atoms with van der Waals surface area (Å²) in [5.74, 6) is -0.472. The van der Waals surface area contributed by atoms with E-state index in [4.69, 9.17) is 14.2 Å². The zero-order valence-electron chi connectivity index (χ0n) is 26.8. The number of ether oxygens (including phenoxy) is 3. The van der Waals surface area contributed by atoms with E-state index in [0.717, 1.165) is 59.4 Å². The Bertz CT molecular complexity index is 1410. The smallest absolute Gasteiger partial charge is 0.325 e. The number of carbonyl (C=O) groups excluding carboxylic acids is 2. The van der Waals surface area contributed by atoms with Crippen molar-refractivity contribution < 1.29 is 28.9 Å². The number of nitrogens with zero attached hydrogens (tertiary/aromatic N) is 1. The molecule has 5 rings (SSSR count). The Morgan fingerprint density at radius 2 is 1.57 bits per heavy atom.